The first kappa shape index (κ1) is 21.1. The summed E-state index contributed by atoms with van der Waals surface area (Å²) in [4.78, 5) is 46.1. The minimum absolute atomic E-state index is 0.106. The molecule has 2 bridgehead atoms. The van der Waals surface area contributed by atoms with E-state index >= 15 is 0 Å². The molecule has 5 fully saturated rings. The Hall–Kier alpha value is -3.20. The van der Waals surface area contributed by atoms with Crippen molar-refractivity contribution in [2.75, 3.05) is 13.1 Å². The SMILES string of the molecule is Cc1cnc(C2CN([C@H]3CCC[C@@H]3Oc3ccc4c(c3)CN(C35CC(C3)C(=O)NC5=O)C4=O)C2)o1. The van der Waals surface area contributed by atoms with E-state index in [1.54, 1.807) is 11.1 Å². The first-order valence-corrected chi connectivity index (χ1v) is 12.5. The Balaban J connectivity index is 1.03. The molecule has 2 saturated carbocycles. The van der Waals surface area contributed by atoms with Crippen molar-refractivity contribution >= 4 is 17.7 Å². The Kier molecular flexibility index (Phi) is 4.46. The monoisotopic (exact) mass is 476 g/mol. The summed E-state index contributed by atoms with van der Waals surface area (Å²) in [7, 11) is 0. The van der Waals surface area contributed by atoms with Crippen LogP contribution >= 0.6 is 0 Å². The molecule has 8 rings (SSSR count). The van der Waals surface area contributed by atoms with Crippen molar-refractivity contribution < 1.29 is 23.5 Å². The number of amides is 3. The molecule has 0 spiro atoms. The molecule has 9 nitrogen and oxygen atoms in total. The fourth-order valence-corrected chi connectivity index (χ4v) is 6.65. The molecule has 6 aliphatic rings. The zero-order chi connectivity index (χ0) is 23.9. The Bertz CT molecular complexity index is 1240. The highest BCUT2D eigenvalue weighted by Crippen LogP contribution is 2.49. The predicted octanol–water partition coefficient (Wildman–Crippen LogP) is 2.14. The van der Waals surface area contributed by atoms with Gasteiger partial charge in [0.1, 0.15) is 23.2 Å². The number of fused-ring (bicyclic) bond motifs is 3. The van der Waals surface area contributed by atoms with E-state index in [0.29, 0.717) is 36.9 Å². The van der Waals surface area contributed by atoms with E-state index in [-0.39, 0.29) is 29.7 Å². The van der Waals surface area contributed by atoms with Crippen LogP contribution in [0.1, 0.15) is 65.6 Å². The quantitative estimate of drug-likeness (QED) is 0.660. The molecule has 9 heteroatoms. The number of carbonyl (C=O) groups is 3. The Morgan fingerprint density at radius 2 is 1.97 bits per heavy atom. The van der Waals surface area contributed by atoms with Gasteiger partial charge in [0.25, 0.3) is 11.8 Å². The number of oxazole rings is 1. The summed E-state index contributed by atoms with van der Waals surface area (Å²) in [6.07, 6.45) is 5.98. The molecule has 1 N–H and O–H groups in total. The molecule has 3 saturated heterocycles. The van der Waals surface area contributed by atoms with Crippen molar-refractivity contribution in [2.45, 2.75) is 69.2 Å². The average molecular weight is 477 g/mol. The maximum atomic E-state index is 13.1. The third-order valence-electron chi connectivity index (χ3n) is 8.67. The number of ether oxygens (including phenoxy) is 1. The van der Waals surface area contributed by atoms with Crippen LogP contribution in [0.5, 0.6) is 5.75 Å². The number of imide groups is 1. The van der Waals surface area contributed by atoms with Crippen molar-refractivity contribution in [3.63, 3.8) is 0 Å². The molecular formula is C26H28N4O5. The lowest BCUT2D eigenvalue weighted by atomic mass is 9.63. The lowest BCUT2D eigenvalue weighted by Crippen LogP contribution is -2.73. The highest BCUT2D eigenvalue weighted by Gasteiger charge is 2.63. The number of hydrogen-bond donors (Lipinski definition) is 1. The van der Waals surface area contributed by atoms with E-state index < -0.39 is 5.54 Å². The second-order valence-corrected chi connectivity index (χ2v) is 10.8. The summed E-state index contributed by atoms with van der Waals surface area (Å²) >= 11 is 0. The van der Waals surface area contributed by atoms with Gasteiger partial charge in [0, 0.05) is 37.2 Å². The van der Waals surface area contributed by atoms with E-state index in [0.717, 1.165) is 55.3 Å². The van der Waals surface area contributed by atoms with Gasteiger partial charge in [-0.15, -0.1) is 0 Å². The van der Waals surface area contributed by atoms with Crippen LogP contribution in [0.25, 0.3) is 0 Å². The first-order chi connectivity index (χ1) is 16.9. The van der Waals surface area contributed by atoms with Crippen LogP contribution in [0.15, 0.2) is 28.8 Å². The summed E-state index contributed by atoms with van der Waals surface area (Å²) in [5.74, 6) is 1.93. The molecule has 1 aromatic carbocycles. The normalized spacial score (nSPS) is 32.3. The number of benzene rings is 1. The molecule has 2 aliphatic carbocycles. The van der Waals surface area contributed by atoms with Crippen LogP contribution in [0.4, 0.5) is 0 Å². The van der Waals surface area contributed by atoms with Gasteiger partial charge in [0.15, 0.2) is 5.89 Å². The van der Waals surface area contributed by atoms with Gasteiger partial charge in [-0.05, 0) is 62.8 Å². The van der Waals surface area contributed by atoms with Crippen LogP contribution < -0.4 is 10.1 Å². The summed E-state index contributed by atoms with van der Waals surface area (Å²) in [5.41, 5.74) is 0.615. The number of carbonyl (C=O) groups excluding carboxylic acids is 3. The second kappa shape index (κ2) is 7.40. The largest absolute Gasteiger partial charge is 0.489 e. The van der Waals surface area contributed by atoms with Gasteiger partial charge in [-0.25, -0.2) is 4.98 Å². The van der Waals surface area contributed by atoms with Crippen molar-refractivity contribution in [3.8, 4) is 5.75 Å². The first-order valence-electron chi connectivity index (χ1n) is 12.5. The lowest BCUT2D eigenvalue weighted by Gasteiger charge is -2.53. The van der Waals surface area contributed by atoms with Crippen molar-refractivity contribution in [1.29, 1.82) is 0 Å². The Morgan fingerprint density at radius 1 is 1.14 bits per heavy atom. The number of aromatic nitrogens is 1. The number of rotatable bonds is 5. The van der Waals surface area contributed by atoms with E-state index in [9.17, 15) is 14.4 Å². The number of piperidine rings is 2. The maximum absolute atomic E-state index is 13.1. The molecule has 0 radical (unpaired) electrons. The Labute approximate surface area is 202 Å². The highest BCUT2D eigenvalue weighted by atomic mass is 16.5. The molecule has 35 heavy (non-hydrogen) atoms. The summed E-state index contributed by atoms with van der Waals surface area (Å²) < 4.78 is 12.2. The smallest absolute Gasteiger partial charge is 0.255 e. The van der Waals surface area contributed by atoms with Gasteiger partial charge in [0.05, 0.1) is 12.1 Å². The molecule has 0 unspecified atom stereocenters. The lowest BCUT2D eigenvalue weighted by molar-refractivity contribution is -0.160. The highest BCUT2D eigenvalue weighted by molar-refractivity contribution is 6.10. The summed E-state index contributed by atoms with van der Waals surface area (Å²) in [6.45, 7) is 4.17. The minimum atomic E-state index is -0.887. The average Bonchev–Trinajstić information content (AvgIpc) is 3.47. The topological polar surface area (TPSA) is 105 Å². The predicted molar refractivity (Wildman–Crippen MR) is 123 cm³/mol. The zero-order valence-corrected chi connectivity index (χ0v) is 19.7. The van der Waals surface area contributed by atoms with Crippen LogP contribution in [-0.2, 0) is 16.1 Å². The molecule has 3 amide bonds. The van der Waals surface area contributed by atoms with Gasteiger partial charge < -0.3 is 14.1 Å². The van der Waals surface area contributed by atoms with Gasteiger partial charge in [-0.2, -0.15) is 0 Å². The van der Waals surface area contributed by atoms with Crippen molar-refractivity contribution in [2.24, 2.45) is 5.92 Å². The van der Waals surface area contributed by atoms with Crippen molar-refractivity contribution in [1.82, 2.24) is 20.1 Å². The number of likely N-dealkylation sites (tertiary alicyclic amines) is 1. The molecular weight excluding hydrogens is 448 g/mol. The number of hydrogen-bond acceptors (Lipinski definition) is 7. The number of aryl methyl sites for hydroxylation is 1. The molecule has 2 atom stereocenters. The van der Waals surface area contributed by atoms with E-state index in [4.69, 9.17) is 9.15 Å². The summed E-state index contributed by atoms with van der Waals surface area (Å²) in [6, 6.07) is 6.01. The third-order valence-corrected chi connectivity index (χ3v) is 8.67. The molecule has 1 aromatic heterocycles. The van der Waals surface area contributed by atoms with Gasteiger partial charge >= 0.3 is 0 Å². The van der Waals surface area contributed by atoms with Gasteiger partial charge in [-0.3, -0.25) is 24.6 Å². The zero-order valence-electron chi connectivity index (χ0n) is 19.7. The van der Waals surface area contributed by atoms with Gasteiger partial charge in [-0.1, -0.05) is 0 Å². The fourth-order valence-electron chi connectivity index (χ4n) is 6.65. The van der Waals surface area contributed by atoms with Crippen LogP contribution in [0.2, 0.25) is 0 Å². The number of nitrogens with zero attached hydrogens (tertiary/aromatic N) is 3. The second-order valence-electron chi connectivity index (χ2n) is 10.8. The number of nitrogens with one attached hydrogen (secondary N) is 1. The van der Waals surface area contributed by atoms with Crippen molar-refractivity contribution in [3.05, 3.63) is 47.2 Å². The Morgan fingerprint density at radius 3 is 2.71 bits per heavy atom. The van der Waals surface area contributed by atoms with E-state index in [2.05, 4.69) is 15.2 Å². The van der Waals surface area contributed by atoms with E-state index in [1.807, 2.05) is 25.1 Å². The molecule has 5 heterocycles. The van der Waals surface area contributed by atoms with Crippen LogP contribution in [-0.4, -0.2) is 63.3 Å². The maximum Gasteiger partial charge on any atom is 0.255 e. The minimum Gasteiger partial charge on any atom is -0.489 e. The third kappa shape index (κ3) is 3.10. The van der Waals surface area contributed by atoms with Gasteiger partial charge in [0.2, 0.25) is 5.91 Å². The summed E-state index contributed by atoms with van der Waals surface area (Å²) in [5, 5.41) is 2.43. The molecule has 182 valence electrons. The van der Waals surface area contributed by atoms with Crippen LogP contribution in [0.3, 0.4) is 0 Å². The fraction of sp³-hybridized carbons (Fsp3) is 0.538. The molecule has 2 aromatic rings. The molecule has 4 aliphatic heterocycles. The van der Waals surface area contributed by atoms with Crippen LogP contribution in [0, 0.1) is 12.8 Å². The van der Waals surface area contributed by atoms with E-state index in [1.165, 1.54) is 0 Å². The standard InChI is InChI=1S/C26H28N4O5/c1-14-10-27-23(34-14)17-11-29(12-17)20-3-2-4-21(20)35-18-5-6-19-15(7-18)13-30(24(19)32)26-8-16(9-26)22(31)28-25(26)33/h5-7,10,16-17,20-21H,2-4,8-9,11-13H2,1H3,(H,28,31,33)/t16?,20-,21-,26?/m0/s1.